The van der Waals surface area contributed by atoms with Crippen molar-refractivity contribution in [3.05, 3.63) is 51.8 Å². The van der Waals surface area contributed by atoms with Gasteiger partial charge in [-0.15, -0.1) is 0 Å². The molecule has 20 heavy (non-hydrogen) atoms. The van der Waals surface area contributed by atoms with Crippen molar-refractivity contribution in [1.29, 1.82) is 0 Å². The molecule has 0 saturated heterocycles. The molecule has 0 aliphatic heterocycles. The van der Waals surface area contributed by atoms with E-state index in [9.17, 15) is 9.18 Å². The van der Waals surface area contributed by atoms with Crippen LogP contribution >= 0.6 is 39.3 Å². The van der Waals surface area contributed by atoms with Crippen molar-refractivity contribution < 1.29 is 9.18 Å². The summed E-state index contributed by atoms with van der Waals surface area (Å²) in [5.74, 6) is -0.698. The number of hydrogen-bond acceptors (Lipinski definition) is 3. The average molecular weight is 376 g/mol. The molecule has 3 nitrogen and oxygen atoms in total. The Morgan fingerprint density at radius 3 is 2.90 bits per heavy atom. The van der Waals surface area contributed by atoms with Crippen LogP contribution in [0.1, 0.15) is 0 Å². The molecular formula is C13H9BrClFN2OS. The summed E-state index contributed by atoms with van der Waals surface area (Å²) in [6.45, 7) is 0. The number of benzene rings is 1. The van der Waals surface area contributed by atoms with Crippen molar-refractivity contribution >= 4 is 50.9 Å². The number of nitrogens with one attached hydrogen (secondary N) is 1. The summed E-state index contributed by atoms with van der Waals surface area (Å²) in [5.41, 5.74) is 0.0758. The van der Waals surface area contributed by atoms with E-state index in [0.717, 1.165) is 9.50 Å². The number of pyridine rings is 1. The lowest BCUT2D eigenvalue weighted by Gasteiger charge is -2.06. The summed E-state index contributed by atoms with van der Waals surface area (Å²) in [7, 11) is 0. The van der Waals surface area contributed by atoms with Crippen molar-refractivity contribution in [2.45, 2.75) is 5.03 Å². The molecule has 0 bridgehead atoms. The van der Waals surface area contributed by atoms with Crippen molar-refractivity contribution in [2.24, 2.45) is 0 Å². The number of amides is 1. The van der Waals surface area contributed by atoms with Crippen LogP contribution in [0, 0.1) is 5.82 Å². The second-order valence-electron chi connectivity index (χ2n) is 3.78. The molecule has 0 fully saturated rings. The van der Waals surface area contributed by atoms with Crippen LogP contribution in [0.2, 0.25) is 5.02 Å². The second kappa shape index (κ2) is 7.06. The molecule has 0 aliphatic carbocycles. The largest absolute Gasteiger partial charge is 0.323 e. The molecule has 2 rings (SSSR count). The maximum Gasteiger partial charge on any atom is 0.234 e. The summed E-state index contributed by atoms with van der Waals surface area (Å²) >= 11 is 10.3. The van der Waals surface area contributed by atoms with E-state index in [1.807, 2.05) is 6.07 Å². The highest BCUT2D eigenvalue weighted by Gasteiger charge is 2.08. The molecule has 104 valence electrons. The maximum atomic E-state index is 13.4. The number of carbonyl (C=O) groups excluding carboxylic acids is 1. The van der Waals surface area contributed by atoms with Gasteiger partial charge in [-0.3, -0.25) is 4.79 Å². The third kappa shape index (κ3) is 4.47. The Morgan fingerprint density at radius 2 is 2.20 bits per heavy atom. The van der Waals surface area contributed by atoms with E-state index in [-0.39, 0.29) is 17.3 Å². The molecule has 2 aromatic rings. The first-order valence-electron chi connectivity index (χ1n) is 5.54. The third-order valence-electron chi connectivity index (χ3n) is 2.25. The van der Waals surface area contributed by atoms with E-state index in [0.29, 0.717) is 5.02 Å². The van der Waals surface area contributed by atoms with Crippen molar-refractivity contribution in [1.82, 2.24) is 4.98 Å². The fraction of sp³-hybridized carbons (Fsp3) is 0.0769. The lowest BCUT2D eigenvalue weighted by Crippen LogP contribution is -2.15. The first-order chi connectivity index (χ1) is 9.54. The minimum absolute atomic E-state index is 0.0758. The van der Waals surface area contributed by atoms with Crippen LogP contribution in [-0.4, -0.2) is 16.6 Å². The highest BCUT2D eigenvalue weighted by molar-refractivity contribution is 9.10. The van der Waals surface area contributed by atoms with E-state index in [1.165, 1.54) is 30.0 Å². The third-order valence-corrected chi connectivity index (χ3v) is 3.90. The Morgan fingerprint density at radius 1 is 1.40 bits per heavy atom. The number of halogens is 3. The monoisotopic (exact) mass is 374 g/mol. The van der Waals surface area contributed by atoms with Gasteiger partial charge in [0.1, 0.15) is 5.82 Å². The van der Waals surface area contributed by atoms with Crippen LogP contribution in [0.25, 0.3) is 0 Å². The van der Waals surface area contributed by atoms with E-state index < -0.39 is 5.82 Å². The Balaban J connectivity index is 1.92. The number of anilines is 1. The average Bonchev–Trinajstić information content (AvgIpc) is 2.42. The van der Waals surface area contributed by atoms with Crippen LogP contribution in [-0.2, 0) is 4.79 Å². The van der Waals surface area contributed by atoms with Gasteiger partial charge in [-0.25, -0.2) is 9.37 Å². The van der Waals surface area contributed by atoms with Crippen LogP contribution in [0.15, 0.2) is 46.0 Å². The number of rotatable bonds is 4. The minimum atomic E-state index is -0.519. The van der Waals surface area contributed by atoms with Crippen molar-refractivity contribution in [2.75, 3.05) is 11.1 Å². The fourth-order valence-corrected chi connectivity index (χ4v) is 2.42. The zero-order valence-electron chi connectivity index (χ0n) is 10.1. The lowest BCUT2D eigenvalue weighted by atomic mass is 10.3. The zero-order valence-corrected chi connectivity index (χ0v) is 13.2. The zero-order chi connectivity index (χ0) is 14.5. The van der Waals surface area contributed by atoms with Gasteiger partial charge in [-0.1, -0.05) is 23.4 Å². The normalized spacial score (nSPS) is 10.3. The van der Waals surface area contributed by atoms with Crippen molar-refractivity contribution in [3.63, 3.8) is 0 Å². The molecule has 0 spiro atoms. The van der Waals surface area contributed by atoms with Gasteiger partial charge in [0.05, 0.1) is 16.5 Å². The van der Waals surface area contributed by atoms with E-state index in [4.69, 9.17) is 11.6 Å². The summed E-state index contributed by atoms with van der Waals surface area (Å²) in [5, 5.41) is 3.56. The smallest absolute Gasteiger partial charge is 0.234 e. The highest BCUT2D eigenvalue weighted by atomic mass is 79.9. The molecule has 7 heteroatoms. The number of nitrogens with zero attached hydrogens (tertiary/aromatic N) is 1. The number of carbonyl (C=O) groups is 1. The second-order valence-corrected chi connectivity index (χ2v) is 6.12. The Bertz CT molecular complexity index is 624. The minimum Gasteiger partial charge on any atom is -0.323 e. The fourth-order valence-electron chi connectivity index (χ4n) is 1.37. The van der Waals surface area contributed by atoms with Gasteiger partial charge in [0.15, 0.2) is 0 Å². The standard InChI is InChI=1S/C13H9BrClFN2OS/c14-8-1-4-13(17-6-8)20-7-12(19)18-11-5-9(15)2-3-10(11)16/h1-6H,7H2,(H,18,19). The van der Waals surface area contributed by atoms with Crippen LogP contribution in [0.4, 0.5) is 10.1 Å². The molecule has 1 aromatic heterocycles. The predicted molar refractivity (Wildman–Crippen MR) is 82.7 cm³/mol. The molecule has 0 radical (unpaired) electrons. The highest BCUT2D eigenvalue weighted by Crippen LogP contribution is 2.21. The van der Waals surface area contributed by atoms with Crippen LogP contribution < -0.4 is 5.32 Å². The molecule has 0 aliphatic rings. The molecule has 0 unspecified atom stereocenters. The van der Waals surface area contributed by atoms with Gasteiger partial charge in [0.25, 0.3) is 0 Å². The quantitative estimate of drug-likeness (QED) is 0.807. The number of aromatic nitrogens is 1. The number of hydrogen-bond donors (Lipinski definition) is 1. The molecule has 0 saturated carbocycles. The Labute approximate surface area is 133 Å². The summed E-state index contributed by atoms with van der Waals surface area (Å²) in [6.07, 6.45) is 1.65. The Hall–Kier alpha value is -1.11. The Kier molecular flexibility index (Phi) is 5.39. The van der Waals surface area contributed by atoms with Gasteiger partial charge in [0.2, 0.25) is 5.91 Å². The van der Waals surface area contributed by atoms with Gasteiger partial charge in [0, 0.05) is 15.7 Å². The maximum absolute atomic E-state index is 13.4. The summed E-state index contributed by atoms with van der Waals surface area (Å²) < 4.78 is 14.3. The number of thioether (sulfide) groups is 1. The van der Waals surface area contributed by atoms with Gasteiger partial charge < -0.3 is 5.32 Å². The summed E-state index contributed by atoms with van der Waals surface area (Å²) in [6, 6.07) is 7.64. The van der Waals surface area contributed by atoms with E-state index in [2.05, 4.69) is 26.2 Å². The van der Waals surface area contributed by atoms with Gasteiger partial charge >= 0.3 is 0 Å². The SMILES string of the molecule is O=C(CSc1ccc(Br)cn1)Nc1cc(Cl)ccc1F. The topological polar surface area (TPSA) is 42.0 Å². The molecule has 1 heterocycles. The molecule has 1 N–H and O–H groups in total. The van der Waals surface area contributed by atoms with Gasteiger partial charge in [-0.05, 0) is 46.3 Å². The van der Waals surface area contributed by atoms with E-state index in [1.54, 1.807) is 12.3 Å². The van der Waals surface area contributed by atoms with Gasteiger partial charge in [-0.2, -0.15) is 0 Å². The molecular weight excluding hydrogens is 367 g/mol. The first-order valence-corrected chi connectivity index (χ1v) is 7.69. The molecule has 0 atom stereocenters. The molecule has 1 aromatic carbocycles. The summed E-state index contributed by atoms with van der Waals surface area (Å²) in [4.78, 5) is 15.9. The van der Waals surface area contributed by atoms with E-state index >= 15 is 0 Å². The van der Waals surface area contributed by atoms with Crippen molar-refractivity contribution in [3.8, 4) is 0 Å². The van der Waals surface area contributed by atoms with Crippen LogP contribution in [0.3, 0.4) is 0 Å². The lowest BCUT2D eigenvalue weighted by molar-refractivity contribution is -0.113. The van der Waals surface area contributed by atoms with Crippen LogP contribution in [0.5, 0.6) is 0 Å². The first kappa shape index (κ1) is 15.3. The molecule has 1 amide bonds. The predicted octanol–water partition coefficient (Wildman–Crippen LogP) is 4.37.